The molecule has 1 amide bonds. The van der Waals surface area contributed by atoms with E-state index in [0.717, 1.165) is 39.0 Å². The Morgan fingerprint density at radius 1 is 1.27 bits per heavy atom. The van der Waals surface area contributed by atoms with Gasteiger partial charge in [0.1, 0.15) is 5.60 Å². The smallest absolute Gasteiger partial charge is 0.222 e. The van der Waals surface area contributed by atoms with Gasteiger partial charge in [0.25, 0.3) is 0 Å². The molecular weight excluding hydrogens is 278 g/mol. The second kappa shape index (κ2) is 5.67. The van der Waals surface area contributed by atoms with E-state index >= 15 is 0 Å². The molecule has 3 aliphatic heterocycles. The van der Waals surface area contributed by atoms with Crippen LogP contribution in [-0.4, -0.2) is 37.1 Å². The standard InChI is InChI=1S/C18H23NO3/c20-17(11-14-5-9-21-10-6-14)19-8-7-18(13-19)16-4-2-1-3-15(16)12-22-18/h1-4,14H,5-13H2. The van der Waals surface area contributed by atoms with Gasteiger partial charge in [0, 0.05) is 26.2 Å². The fraction of sp³-hybridized carbons (Fsp3) is 0.611. The summed E-state index contributed by atoms with van der Waals surface area (Å²) in [4.78, 5) is 14.6. The van der Waals surface area contributed by atoms with Gasteiger partial charge >= 0.3 is 0 Å². The molecule has 2 saturated heterocycles. The molecule has 1 aromatic rings. The van der Waals surface area contributed by atoms with Crippen molar-refractivity contribution in [3.05, 3.63) is 35.4 Å². The van der Waals surface area contributed by atoms with Crippen molar-refractivity contribution in [2.24, 2.45) is 5.92 Å². The number of ether oxygens (including phenoxy) is 2. The predicted octanol–water partition coefficient (Wildman–Crippen LogP) is 2.46. The minimum atomic E-state index is -0.248. The summed E-state index contributed by atoms with van der Waals surface area (Å²) >= 11 is 0. The topological polar surface area (TPSA) is 38.8 Å². The minimum Gasteiger partial charge on any atom is -0.381 e. The van der Waals surface area contributed by atoms with E-state index < -0.39 is 0 Å². The third-order valence-corrected chi connectivity index (χ3v) is 5.40. The quantitative estimate of drug-likeness (QED) is 0.842. The van der Waals surface area contributed by atoms with Crippen molar-refractivity contribution < 1.29 is 14.3 Å². The molecule has 4 rings (SSSR count). The van der Waals surface area contributed by atoms with Gasteiger partial charge in [-0.3, -0.25) is 4.79 Å². The molecule has 0 aromatic heterocycles. The Labute approximate surface area is 131 Å². The van der Waals surface area contributed by atoms with Gasteiger partial charge in [-0.05, 0) is 36.3 Å². The Kier molecular flexibility index (Phi) is 3.66. The summed E-state index contributed by atoms with van der Waals surface area (Å²) in [6.45, 7) is 3.82. The third-order valence-electron chi connectivity index (χ3n) is 5.40. The highest BCUT2D eigenvalue weighted by molar-refractivity contribution is 5.77. The van der Waals surface area contributed by atoms with Gasteiger partial charge < -0.3 is 14.4 Å². The molecule has 118 valence electrons. The molecule has 22 heavy (non-hydrogen) atoms. The van der Waals surface area contributed by atoms with Crippen LogP contribution >= 0.6 is 0 Å². The fourth-order valence-electron chi connectivity index (χ4n) is 4.04. The van der Waals surface area contributed by atoms with Gasteiger partial charge in [-0.25, -0.2) is 0 Å². The highest BCUT2D eigenvalue weighted by Crippen LogP contribution is 2.43. The molecule has 4 nitrogen and oxygen atoms in total. The van der Waals surface area contributed by atoms with E-state index in [2.05, 4.69) is 24.3 Å². The zero-order valence-electron chi connectivity index (χ0n) is 12.9. The zero-order chi connectivity index (χ0) is 15.0. The van der Waals surface area contributed by atoms with Gasteiger partial charge in [0.05, 0.1) is 13.2 Å². The summed E-state index contributed by atoms with van der Waals surface area (Å²) in [5.41, 5.74) is 2.32. The van der Waals surface area contributed by atoms with Crippen LogP contribution in [0.25, 0.3) is 0 Å². The van der Waals surface area contributed by atoms with E-state index in [1.54, 1.807) is 0 Å². The van der Waals surface area contributed by atoms with E-state index in [1.807, 2.05) is 4.90 Å². The molecule has 0 aliphatic carbocycles. The fourth-order valence-corrected chi connectivity index (χ4v) is 4.04. The third kappa shape index (κ3) is 2.44. The Hall–Kier alpha value is -1.39. The van der Waals surface area contributed by atoms with E-state index in [9.17, 15) is 4.79 Å². The Morgan fingerprint density at radius 3 is 2.95 bits per heavy atom. The first-order chi connectivity index (χ1) is 10.8. The maximum atomic E-state index is 12.6. The van der Waals surface area contributed by atoms with Gasteiger partial charge in [0.2, 0.25) is 5.91 Å². The molecule has 0 N–H and O–H groups in total. The van der Waals surface area contributed by atoms with E-state index in [-0.39, 0.29) is 11.5 Å². The largest absolute Gasteiger partial charge is 0.381 e. The number of rotatable bonds is 2. The molecule has 0 radical (unpaired) electrons. The Morgan fingerprint density at radius 2 is 2.09 bits per heavy atom. The monoisotopic (exact) mass is 301 g/mol. The number of benzene rings is 1. The van der Waals surface area contributed by atoms with Crippen LogP contribution in [0.2, 0.25) is 0 Å². The lowest BCUT2D eigenvalue weighted by molar-refractivity contribution is -0.133. The summed E-state index contributed by atoms with van der Waals surface area (Å²) in [5.74, 6) is 0.784. The van der Waals surface area contributed by atoms with Gasteiger partial charge in [-0.15, -0.1) is 0 Å². The van der Waals surface area contributed by atoms with Crippen LogP contribution in [-0.2, 0) is 26.5 Å². The SMILES string of the molecule is O=C(CC1CCOCC1)N1CCC2(C1)OCc1ccccc12. The normalized spacial score (nSPS) is 28.3. The maximum absolute atomic E-state index is 12.6. The number of likely N-dealkylation sites (tertiary alicyclic amines) is 1. The molecule has 2 fully saturated rings. The minimum absolute atomic E-state index is 0.248. The highest BCUT2D eigenvalue weighted by atomic mass is 16.5. The van der Waals surface area contributed by atoms with Crippen LogP contribution in [0.3, 0.4) is 0 Å². The van der Waals surface area contributed by atoms with Gasteiger partial charge in [-0.2, -0.15) is 0 Å². The van der Waals surface area contributed by atoms with E-state index in [4.69, 9.17) is 9.47 Å². The number of hydrogen-bond donors (Lipinski definition) is 0. The lowest BCUT2D eigenvalue weighted by Crippen LogP contribution is -2.35. The molecule has 3 aliphatic rings. The molecule has 1 spiro atoms. The molecule has 3 heterocycles. The summed E-state index contributed by atoms with van der Waals surface area (Å²) < 4.78 is 11.5. The van der Waals surface area contributed by atoms with Crippen molar-refractivity contribution in [3.63, 3.8) is 0 Å². The molecule has 1 unspecified atom stereocenters. The predicted molar refractivity (Wildman–Crippen MR) is 82.3 cm³/mol. The first-order valence-electron chi connectivity index (χ1n) is 8.35. The number of nitrogens with zero attached hydrogens (tertiary/aromatic N) is 1. The average molecular weight is 301 g/mol. The van der Waals surface area contributed by atoms with Gasteiger partial charge in [-0.1, -0.05) is 24.3 Å². The van der Waals surface area contributed by atoms with Crippen molar-refractivity contribution in [3.8, 4) is 0 Å². The molecule has 0 bridgehead atoms. The summed E-state index contributed by atoms with van der Waals surface area (Å²) in [6, 6.07) is 8.43. The molecule has 0 saturated carbocycles. The zero-order valence-corrected chi connectivity index (χ0v) is 12.9. The molecular formula is C18H23NO3. The molecule has 4 heteroatoms. The van der Waals surface area contributed by atoms with Crippen LogP contribution < -0.4 is 0 Å². The van der Waals surface area contributed by atoms with Crippen molar-refractivity contribution in [1.82, 2.24) is 4.90 Å². The number of hydrogen-bond acceptors (Lipinski definition) is 3. The van der Waals surface area contributed by atoms with Gasteiger partial charge in [0.15, 0.2) is 0 Å². The summed E-state index contributed by atoms with van der Waals surface area (Å²) in [6.07, 6.45) is 3.62. The van der Waals surface area contributed by atoms with Crippen LogP contribution in [0.5, 0.6) is 0 Å². The lowest BCUT2D eigenvalue weighted by atomic mass is 9.91. The van der Waals surface area contributed by atoms with Crippen LogP contribution in [0.1, 0.15) is 36.8 Å². The second-order valence-corrected chi connectivity index (χ2v) is 6.77. The first-order valence-corrected chi connectivity index (χ1v) is 8.35. The number of carbonyl (C=O) groups excluding carboxylic acids is 1. The molecule has 1 aromatic carbocycles. The van der Waals surface area contributed by atoms with Crippen LogP contribution in [0, 0.1) is 5.92 Å². The van der Waals surface area contributed by atoms with E-state index in [0.29, 0.717) is 25.5 Å². The number of amides is 1. The van der Waals surface area contributed by atoms with Crippen molar-refractivity contribution in [2.75, 3.05) is 26.3 Å². The van der Waals surface area contributed by atoms with Crippen LogP contribution in [0.4, 0.5) is 0 Å². The number of carbonyl (C=O) groups is 1. The highest BCUT2D eigenvalue weighted by Gasteiger charge is 2.46. The molecule has 1 atom stereocenters. The summed E-state index contributed by atoms with van der Waals surface area (Å²) in [7, 11) is 0. The Bertz CT molecular complexity index is 567. The lowest BCUT2D eigenvalue weighted by Gasteiger charge is -2.27. The number of fused-ring (bicyclic) bond motifs is 2. The van der Waals surface area contributed by atoms with Crippen molar-refractivity contribution in [2.45, 2.75) is 37.9 Å². The first kappa shape index (κ1) is 14.2. The maximum Gasteiger partial charge on any atom is 0.222 e. The Balaban J connectivity index is 1.43. The van der Waals surface area contributed by atoms with Crippen LogP contribution in [0.15, 0.2) is 24.3 Å². The van der Waals surface area contributed by atoms with E-state index in [1.165, 1.54) is 11.1 Å². The van der Waals surface area contributed by atoms with Crippen molar-refractivity contribution >= 4 is 5.91 Å². The van der Waals surface area contributed by atoms with Crippen molar-refractivity contribution in [1.29, 1.82) is 0 Å². The average Bonchev–Trinajstić information content (AvgIpc) is 3.15. The second-order valence-electron chi connectivity index (χ2n) is 6.77. The summed E-state index contributed by atoms with van der Waals surface area (Å²) in [5, 5.41) is 0.